The van der Waals surface area contributed by atoms with Crippen molar-refractivity contribution in [2.45, 2.75) is 12.1 Å². The van der Waals surface area contributed by atoms with Gasteiger partial charge in [0.25, 0.3) is 0 Å². The lowest BCUT2D eigenvalue weighted by molar-refractivity contribution is -0.141. The largest absolute Gasteiger partial charge is 0.433 e. The van der Waals surface area contributed by atoms with E-state index in [1.807, 2.05) is 11.2 Å². The zero-order chi connectivity index (χ0) is 16.8. The molecular weight excluding hydrogens is 333 g/mol. The number of aromatic nitrogens is 2. The number of allylic oxidation sites excluding steroid dienone is 1. The van der Waals surface area contributed by atoms with Gasteiger partial charge in [0, 0.05) is 5.02 Å². The topological polar surface area (TPSA) is 87.7 Å². The molecular formula is C14H8ClF3N4O. The highest BCUT2D eigenvalue weighted by atomic mass is 35.5. The van der Waals surface area contributed by atoms with E-state index in [0.717, 1.165) is 0 Å². The van der Waals surface area contributed by atoms with Crippen molar-refractivity contribution in [3.05, 3.63) is 57.6 Å². The molecule has 118 valence electrons. The monoisotopic (exact) mass is 340 g/mol. The van der Waals surface area contributed by atoms with Gasteiger partial charge in [-0.15, -0.1) is 5.10 Å². The summed E-state index contributed by atoms with van der Waals surface area (Å²) >= 11 is 5.81. The van der Waals surface area contributed by atoms with Gasteiger partial charge >= 0.3 is 6.18 Å². The first-order valence-corrected chi connectivity index (χ1v) is 6.69. The normalized spacial score (nSPS) is 17.4. The Kier molecular flexibility index (Phi) is 3.45. The van der Waals surface area contributed by atoms with E-state index in [9.17, 15) is 18.4 Å². The molecule has 1 atom stereocenters. The van der Waals surface area contributed by atoms with Crippen LogP contribution in [-0.4, -0.2) is 10.2 Å². The maximum Gasteiger partial charge on any atom is 0.433 e. The molecule has 0 saturated heterocycles. The number of H-pyrrole nitrogens is 1. The summed E-state index contributed by atoms with van der Waals surface area (Å²) in [5, 5.41) is 15.1. The van der Waals surface area contributed by atoms with Crippen molar-refractivity contribution in [3.63, 3.8) is 0 Å². The number of rotatable bonds is 1. The number of ether oxygens (including phenoxy) is 1. The predicted molar refractivity (Wildman–Crippen MR) is 74.3 cm³/mol. The number of nitriles is 1. The van der Waals surface area contributed by atoms with Gasteiger partial charge in [-0.2, -0.15) is 18.4 Å². The Balaban J connectivity index is 2.26. The molecule has 1 aliphatic rings. The van der Waals surface area contributed by atoms with E-state index in [1.165, 1.54) is 24.3 Å². The summed E-state index contributed by atoms with van der Waals surface area (Å²) < 4.78 is 44.7. The summed E-state index contributed by atoms with van der Waals surface area (Å²) in [6.45, 7) is 0. The van der Waals surface area contributed by atoms with E-state index in [1.54, 1.807) is 0 Å². The second-order valence-electron chi connectivity index (χ2n) is 4.79. The Morgan fingerprint density at radius 1 is 1.30 bits per heavy atom. The van der Waals surface area contributed by atoms with E-state index in [4.69, 9.17) is 22.1 Å². The molecule has 0 radical (unpaired) electrons. The van der Waals surface area contributed by atoms with Crippen molar-refractivity contribution in [3.8, 4) is 11.9 Å². The fourth-order valence-corrected chi connectivity index (χ4v) is 2.58. The van der Waals surface area contributed by atoms with Crippen LogP contribution >= 0.6 is 11.6 Å². The molecule has 1 aliphatic heterocycles. The van der Waals surface area contributed by atoms with Gasteiger partial charge in [-0.05, 0) is 17.7 Å². The lowest BCUT2D eigenvalue weighted by atomic mass is 9.84. The number of hydrogen-bond donors (Lipinski definition) is 2. The number of benzene rings is 1. The Bertz CT molecular complexity index is 833. The van der Waals surface area contributed by atoms with E-state index >= 15 is 0 Å². The number of hydrogen-bond acceptors (Lipinski definition) is 4. The molecule has 23 heavy (non-hydrogen) atoms. The number of alkyl halides is 3. The number of nitrogens with one attached hydrogen (secondary N) is 1. The van der Waals surface area contributed by atoms with Crippen LogP contribution < -0.4 is 10.5 Å². The summed E-state index contributed by atoms with van der Waals surface area (Å²) in [5.74, 6) is -1.62. The average Bonchev–Trinajstić information content (AvgIpc) is 2.90. The van der Waals surface area contributed by atoms with Crippen LogP contribution in [0.3, 0.4) is 0 Å². The summed E-state index contributed by atoms with van der Waals surface area (Å²) in [6, 6.07) is 7.91. The number of nitrogens with zero attached hydrogens (tertiary/aromatic N) is 2. The van der Waals surface area contributed by atoms with Gasteiger partial charge in [-0.1, -0.05) is 23.7 Å². The smallest absolute Gasteiger partial charge is 0.420 e. The maximum atomic E-state index is 13.2. The van der Waals surface area contributed by atoms with Crippen LogP contribution in [0.2, 0.25) is 5.02 Å². The minimum absolute atomic E-state index is 0.119. The zero-order valence-electron chi connectivity index (χ0n) is 11.3. The first kappa shape index (κ1) is 15.2. The standard InChI is InChI=1S/C14H8ClF3N4O/c15-7-3-1-6(2-4-7)9-8(5-19)12(20)23-13-10(9)11(21-22-13)14(16,17)18/h1-4,9H,20H2,(H,21,22)/t9-/m1/s1. The van der Waals surface area contributed by atoms with Crippen LogP contribution in [0.5, 0.6) is 5.88 Å². The maximum absolute atomic E-state index is 13.2. The molecule has 9 heteroatoms. The molecule has 0 spiro atoms. The SMILES string of the molecule is N#CC1=C(N)Oc2n[nH]c(C(F)(F)F)c2[C@@H]1c1ccc(Cl)cc1. The van der Waals surface area contributed by atoms with Crippen molar-refractivity contribution in [2.24, 2.45) is 5.73 Å². The number of nitrogens with two attached hydrogens (primary N) is 1. The molecule has 0 aliphatic carbocycles. The summed E-state index contributed by atoms with van der Waals surface area (Å²) in [6.07, 6.45) is -4.68. The Morgan fingerprint density at radius 3 is 2.52 bits per heavy atom. The number of aromatic amines is 1. The average molecular weight is 341 g/mol. The van der Waals surface area contributed by atoms with Crippen molar-refractivity contribution >= 4 is 11.6 Å². The van der Waals surface area contributed by atoms with Gasteiger partial charge in [-0.25, -0.2) is 0 Å². The van der Waals surface area contributed by atoms with Crippen molar-refractivity contribution in [1.82, 2.24) is 10.2 Å². The molecule has 2 aromatic rings. The fourth-order valence-electron chi connectivity index (χ4n) is 2.45. The van der Waals surface area contributed by atoms with Crippen LogP contribution in [0.25, 0.3) is 0 Å². The van der Waals surface area contributed by atoms with Gasteiger partial charge in [0.15, 0.2) is 0 Å². The molecule has 0 unspecified atom stereocenters. The van der Waals surface area contributed by atoms with E-state index in [0.29, 0.717) is 10.6 Å². The number of fused-ring (bicyclic) bond motifs is 1. The van der Waals surface area contributed by atoms with E-state index in [-0.39, 0.29) is 22.9 Å². The molecule has 1 aromatic heterocycles. The van der Waals surface area contributed by atoms with Crippen molar-refractivity contribution in [2.75, 3.05) is 0 Å². The Labute approximate surface area is 133 Å². The molecule has 2 heterocycles. The van der Waals surface area contributed by atoms with Gasteiger partial charge in [0.1, 0.15) is 17.3 Å². The molecule has 0 amide bonds. The van der Waals surface area contributed by atoms with E-state index in [2.05, 4.69) is 5.10 Å². The zero-order valence-corrected chi connectivity index (χ0v) is 12.0. The van der Waals surface area contributed by atoms with Gasteiger partial charge in [-0.3, -0.25) is 5.10 Å². The highest BCUT2D eigenvalue weighted by molar-refractivity contribution is 6.30. The molecule has 3 rings (SSSR count). The minimum atomic E-state index is -4.68. The fraction of sp³-hybridized carbons (Fsp3) is 0.143. The summed E-state index contributed by atoms with van der Waals surface area (Å²) in [7, 11) is 0. The second kappa shape index (κ2) is 5.21. The molecule has 0 saturated carbocycles. The molecule has 0 bridgehead atoms. The Morgan fingerprint density at radius 2 is 1.96 bits per heavy atom. The molecule has 3 N–H and O–H groups in total. The summed E-state index contributed by atoms with van der Waals surface area (Å²) in [4.78, 5) is 0. The van der Waals surface area contributed by atoms with Crippen molar-refractivity contribution < 1.29 is 17.9 Å². The van der Waals surface area contributed by atoms with Crippen LogP contribution in [0, 0.1) is 11.3 Å². The van der Waals surface area contributed by atoms with Crippen LogP contribution in [-0.2, 0) is 6.18 Å². The predicted octanol–water partition coefficient (Wildman–Crippen LogP) is 3.30. The second-order valence-corrected chi connectivity index (χ2v) is 5.23. The third kappa shape index (κ3) is 2.49. The van der Waals surface area contributed by atoms with Gasteiger partial charge in [0.2, 0.25) is 11.8 Å². The quantitative estimate of drug-likeness (QED) is 0.833. The highest BCUT2D eigenvalue weighted by Gasteiger charge is 2.44. The van der Waals surface area contributed by atoms with E-state index < -0.39 is 17.8 Å². The molecule has 1 aromatic carbocycles. The summed E-state index contributed by atoms with van der Waals surface area (Å²) in [5.41, 5.74) is 4.61. The van der Waals surface area contributed by atoms with Crippen LogP contribution in [0.1, 0.15) is 22.7 Å². The van der Waals surface area contributed by atoms with Gasteiger partial charge in [0.05, 0.1) is 11.5 Å². The molecule has 5 nitrogen and oxygen atoms in total. The minimum Gasteiger partial charge on any atom is -0.420 e. The first-order valence-electron chi connectivity index (χ1n) is 6.31. The van der Waals surface area contributed by atoms with Crippen LogP contribution in [0.15, 0.2) is 35.7 Å². The van der Waals surface area contributed by atoms with Crippen LogP contribution in [0.4, 0.5) is 13.2 Å². The molecule has 0 fully saturated rings. The lowest BCUT2D eigenvalue weighted by Gasteiger charge is -2.24. The van der Waals surface area contributed by atoms with Gasteiger partial charge < -0.3 is 10.5 Å². The third-order valence-electron chi connectivity index (χ3n) is 3.43. The highest BCUT2D eigenvalue weighted by Crippen LogP contribution is 2.46. The Hall–Kier alpha value is -2.66. The van der Waals surface area contributed by atoms with Crippen molar-refractivity contribution in [1.29, 1.82) is 5.26 Å². The number of halogens is 4. The lowest BCUT2D eigenvalue weighted by Crippen LogP contribution is -2.22. The first-order chi connectivity index (χ1) is 10.8. The third-order valence-corrected chi connectivity index (χ3v) is 3.68.